The summed E-state index contributed by atoms with van der Waals surface area (Å²) in [6.07, 6.45) is 8.99. The summed E-state index contributed by atoms with van der Waals surface area (Å²) in [5.74, 6) is -0.0283. The topological polar surface area (TPSA) is 63.1 Å². The summed E-state index contributed by atoms with van der Waals surface area (Å²) in [6.45, 7) is 1.80. The second-order valence-corrected chi connectivity index (χ2v) is 7.77. The molecule has 1 aromatic carbocycles. The molecule has 4 rings (SSSR count). The van der Waals surface area contributed by atoms with E-state index in [0.29, 0.717) is 34.5 Å². The number of anilines is 2. The van der Waals surface area contributed by atoms with Crippen LogP contribution in [0.1, 0.15) is 48.2 Å². The number of nitrogens with one attached hydrogen (secondary N) is 1. The number of hydrogen-bond acceptors (Lipinski definition) is 4. The first-order valence-electron chi connectivity index (χ1n) is 10.3. The van der Waals surface area contributed by atoms with Crippen LogP contribution in [-0.4, -0.2) is 33.8 Å². The van der Waals surface area contributed by atoms with Crippen LogP contribution in [-0.2, 0) is 0 Å². The van der Waals surface area contributed by atoms with E-state index in [0.717, 1.165) is 12.8 Å². The van der Waals surface area contributed by atoms with E-state index >= 15 is 0 Å². The Hall–Kier alpha value is -3.22. The van der Waals surface area contributed by atoms with Gasteiger partial charge in [-0.2, -0.15) is 5.10 Å². The summed E-state index contributed by atoms with van der Waals surface area (Å²) in [7, 11) is 1.95. The molecule has 0 spiro atoms. The molecule has 6 nitrogen and oxygen atoms in total. The van der Waals surface area contributed by atoms with Crippen LogP contribution in [0.5, 0.6) is 0 Å². The summed E-state index contributed by atoms with van der Waals surface area (Å²) < 4.78 is 16.4. The van der Waals surface area contributed by atoms with Gasteiger partial charge in [0.05, 0.1) is 23.1 Å². The Morgan fingerprint density at radius 2 is 2.00 bits per heavy atom. The van der Waals surface area contributed by atoms with Crippen LogP contribution in [0, 0.1) is 12.7 Å². The van der Waals surface area contributed by atoms with Crippen LogP contribution in [0.2, 0.25) is 0 Å². The van der Waals surface area contributed by atoms with Gasteiger partial charge < -0.3 is 10.2 Å². The van der Waals surface area contributed by atoms with Crippen molar-refractivity contribution in [3.8, 4) is 5.82 Å². The van der Waals surface area contributed by atoms with E-state index in [1.807, 2.05) is 30.1 Å². The third-order valence-corrected chi connectivity index (χ3v) is 5.83. The summed E-state index contributed by atoms with van der Waals surface area (Å²) in [6, 6.07) is 10.7. The Morgan fingerprint density at radius 1 is 1.20 bits per heavy atom. The van der Waals surface area contributed by atoms with E-state index < -0.39 is 0 Å². The lowest BCUT2D eigenvalue weighted by Crippen LogP contribution is -2.33. The van der Waals surface area contributed by atoms with Crippen molar-refractivity contribution in [2.75, 3.05) is 17.3 Å². The van der Waals surface area contributed by atoms with Gasteiger partial charge in [-0.25, -0.2) is 14.1 Å². The lowest BCUT2D eigenvalue weighted by molar-refractivity contribution is 0.102. The zero-order valence-corrected chi connectivity index (χ0v) is 17.3. The number of nitrogens with zero attached hydrogens (tertiary/aromatic N) is 4. The Kier molecular flexibility index (Phi) is 5.79. The van der Waals surface area contributed by atoms with Crippen molar-refractivity contribution in [3.05, 3.63) is 65.9 Å². The Balaban J connectivity index is 1.49. The van der Waals surface area contributed by atoms with E-state index in [9.17, 15) is 9.18 Å². The zero-order valence-electron chi connectivity index (χ0n) is 17.3. The summed E-state index contributed by atoms with van der Waals surface area (Å²) in [4.78, 5) is 19.0. The number of hydrogen-bond donors (Lipinski definition) is 1. The maximum atomic E-state index is 14.8. The van der Waals surface area contributed by atoms with E-state index in [1.165, 1.54) is 31.5 Å². The molecule has 0 radical (unpaired) electrons. The van der Waals surface area contributed by atoms with Crippen molar-refractivity contribution in [1.82, 2.24) is 14.8 Å². The van der Waals surface area contributed by atoms with Gasteiger partial charge >= 0.3 is 0 Å². The number of rotatable bonds is 5. The maximum Gasteiger partial charge on any atom is 0.259 e. The minimum absolute atomic E-state index is 0.331. The number of carbonyl (C=O) groups excluding carboxylic acids is 1. The van der Waals surface area contributed by atoms with Crippen molar-refractivity contribution < 1.29 is 9.18 Å². The van der Waals surface area contributed by atoms with Crippen LogP contribution in [0.25, 0.3) is 5.82 Å². The van der Waals surface area contributed by atoms with E-state index in [1.54, 1.807) is 29.9 Å². The zero-order chi connectivity index (χ0) is 21.1. The van der Waals surface area contributed by atoms with Crippen molar-refractivity contribution in [2.45, 2.75) is 45.1 Å². The normalized spacial score (nSPS) is 14.5. The highest BCUT2D eigenvalue weighted by atomic mass is 19.1. The van der Waals surface area contributed by atoms with Gasteiger partial charge in [-0.3, -0.25) is 4.79 Å². The molecular formula is C23H26FN5O. The van der Waals surface area contributed by atoms with E-state index in [-0.39, 0.29) is 11.7 Å². The summed E-state index contributed by atoms with van der Waals surface area (Å²) in [5, 5.41) is 7.05. The predicted molar refractivity (Wildman–Crippen MR) is 116 cm³/mol. The molecule has 156 valence electrons. The van der Waals surface area contributed by atoms with Crippen LogP contribution < -0.4 is 10.2 Å². The van der Waals surface area contributed by atoms with Crippen molar-refractivity contribution in [3.63, 3.8) is 0 Å². The first-order chi connectivity index (χ1) is 14.5. The molecule has 0 atom stereocenters. The Labute approximate surface area is 175 Å². The third-order valence-electron chi connectivity index (χ3n) is 5.83. The lowest BCUT2D eigenvalue weighted by atomic mass is 9.94. The van der Waals surface area contributed by atoms with Crippen LogP contribution >= 0.6 is 0 Å². The molecule has 0 saturated heterocycles. The SMILES string of the molecule is Cc1c(C(=O)Nc2ccc(N(C)C3CCCCC3)c(F)c2)cnn1-c1ccccn1. The fraction of sp³-hybridized carbons (Fsp3) is 0.348. The van der Waals surface area contributed by atoms with Crippen LogP contribution in [0.15, 0.2) is 48.8 Å². The molecule has 0 unspecified atom stereocenters. The van der Waals surface area contributed by atoms with Crippen LogP contribution in [0.4, 0.5) is 15.8 Å². The van der Waals surface area contributed by atoms with Gasteiger partial charge in [0.25, 0.3) is 5.91 Å². The fourth-order valence-electron chi connectivity index (χ4n) is 4.08. The highest BCUT2D eigenvalue weighted by Crippen LogP contribution is 2.29. The Bertz CT molecular complexity index is 1030. The molecule has 1 fully saturated rings. The second kappa shape index (κ2) is 8.65. The number of amides is 1. The van der Waals surface area contributed by atoms with Gasteiger partial charge in [0, 0.05) is 25.0 Å². The van der Waals surface area contributed by atoms with E-state index in [4.69, 9.17) is 0 Å². The average molecular weight is 407 g/mol. The molecule has 1 aliphatic rings. The standard InChI is InChI=1S/C23H26FN5O/c1-16-19(15-26-29(16)22-10-6-7-13-25-22)23(30)27-17-11-12-21(20(24)14-17)28(2)18-8-4-3-5-9-18/h6-7,10-15,18H,3-5,8-9H2,1-2H3,(H,27,30). The summed E-state index contributed by atoms with van der Waals surface area (Å²) >= 11 is 0. The van der Waals surface area contributed by atoms with Gasteiger partial charge in [0.2, 0.25) is 0 Å². The quantitative estimate of drug-likeness (QED) is 0.664. The maximum absolute atomic E-state index is 14.8. The van der Waals surface area contributed by atoms with Gasteiger partial charge in [0.1, 0.15) is 5.82 Å². The minimum atomic E-state index is -0.332. The molecule has 1 amide bonds. The molecule has 30 heavy (non-hydrogen) atoms. The second-order valence-electron chi connectivity index (χ2n) is 7.77. The van der Waals surface area contributed by atoms with Gasteiger partial charge in [-0.05, 0) is 50.1 Å². The van der Waals surface area contributed by atoms with Crippen molar-refractivity contribution in [1.29, 1.82) is 0 Å². The highest BCUT2D eigenvalue weighted by Gasteiger charge is 2.21. The van der Waals surface area contributed by atoms with Gasteiger partial charge in [-0.15, -0.1) is 0 Å². The number of benzene rings is 1. The fourth-order valence-corrected chi connectivity index (χ4v) is 4.08. The van der Waals surface area contributed by atoms with Crippen molar-refractivity contribution >= 4 is 17.3 Å². The van der Waals surface area contributed by atoms with E-state index in [2.05, 4.69) is 15.4 Å². The molecule has 7 heteroatoms. The molecule has 3 aromatic rings. The minimum Gasteiger partial charge on any atom is -0.369 e. The number of aromatic nitrogens is 3. The molecule has 2 heterocycles. The van der Waals surface area contributed by atoms with Gasteiger partial charge in [0.15, 0.2) is 5.82 Å². The first-order valence-corrected chi connectivity index (χ1v) is 10.3. The lowest BCUT2D eigenvalue weighted by Gasteiger charge is -2.33. The predicted octanol–water partition coefficient (Wildman–Crippen LogP) is 4.74. The average Bonchev–Trinajstić information content (AvgIpc) is 3.16. The molecule has 1 N–H and O–H groups in total. The highest BCUT2D eigenvalue weighted by molar-refractivity contribution is 6.05. The Morgan fingerprint density at radius 3 is 2.70 bits per heavy atom. The van der Waals surface area contributed by atoms with Crippen molar-refractivity contribution in [2.24, 2.45) is 0 Å². The molecule has 0 aliphatic heterocycles. The molecule has 1 saturated carbocycles. The smallest absolute Gasteiger partial charge is 0.259 e. The molecule has 1 aliphatic carbocycles. The third kappa shape index (κ3) is 4.06. The number of halogens is 1. The first kappa shape index (κ1) is 20.1. The molecule has 2 aromatic heterocycles. The molecule has 0 bridgehead atoms. The monoisotopic (exact) mass is 407 g/mol. The summed E-state index contributed by atoms with van der Waals surface area (Å²) in [5.41, 5.74) is 2.08. The number of pyridine rings is 1. The molecular weight excluding hydrogens is 381 g/mol. The largest absolute Gasteiger partial charge is 0.369 e. The van der Waals surface area contributed by atoms with Gasteiger partial charge in [-0.1, -0.05) is 25.3 Å². The number of carbonyl (C=O) groups is 1. The van der Waals surface area contributed by atoms with Crippen LogP contribution in [0.3, 0.4) is 0 Å².